The number of amides is 1. The topological polar surface area (TPSA) is 69.0 Å². The molecule has 0 saturated carbocycles. The van der Waals surface area contributed by atoms with Gasteiger partial charge in [-0.3, -0.25) is 0 Å². The quantitative estimate of drug-likeness (QED) is 0.634. The van der Waals surface area contributed by atoms with Crippen molar-refractivity contribution in [2.45, 2.75) is 25.1 Å². The maximum absolute atomic E-state index is 12.5. The zero-order chi connectivity index (χ0) is 21.3. The van der Waals surface area contributed by atoms with Crippen molar-refractivity contribution in [3.63, 3.8) is 0 Å². The number of carbonyl (C=O) groups excluding carboxylic acids is 1. The summed E-state index contributed by atoms with van der Waals surface area (Å²) in [4.78, 5) is 17.6. The molecule has 0 atom stereocenters. The van der Waals surface area contributed by atoms with E-state index >= 15 is 0 Å². The van der Waals surface area contributed by atoms with Crippen LogP contribution in [-0.2, 0) is 4.74 Å². The highest BCUT2D eigenvalue weighted by atomic mass is 19.4. The number of imidazole rings is 1. The minimum atomic E-state index is -4.76. The van der Waals surface area contributed by atoms with Gasteiger partial charge in [0.15, 0.2) is 5.65 Å². The monoisotopic (exact) mass is 420 g/mol. The number of benzene rings is 1. The van der Waals surface area contributed by atoms with Crippen molar-refractivity contribution in [2.75, 3.05) is 20.2 Å². The second kappa shape index (κ2) is 7.85. The Bertz CT molecular complexity index is 1060. The Kier molecular flexibility index (Phi) is 5.23. The normalized spacial score (nSPS) is 15.4. The highest BCUT2D eigenvalue weighted by molar-refractivity contribution is 5.67. The second-order valence-corrected chi connectivity index (χ2v) is 6.98. The number of ether oxygens (including phenoxy) is 2. The molecule has 0 unspecified atom stereocenters. The fourth-order valence-electron chi connectivity index (χ4n) is 3.64. The molecule has 30 heavy (non-hydrogen) atoms. The molecule has 10 heteroatoms. The molecule has 3 heterocycles. The summed E-state index contributed by atoms with van der Waals surface area (Å²) in [5.41, 5.74) is 2.50. The zero-order valence-corrected chi connectivity index (χ0v) is 16.1. The summed E-state index contributed by atoms with van der Waals surface area (Å²) >= 11 is 0. The van der Waals surface area contributed by atoms with Crippen LogP contribution in [0.5, 0.6) is 5.75 Å². The fourth-order valence-corrected chi connectivity index (χ4v) is 3.64. The van der Waals surface area contributed by atoms with Crippen LogP contribution in [0.2, 0.25) is 0 Å². The summed E-state index contributed by atoms with van der Waals surface area (Å²) in [5, 5.41) is 4.69. The molecule has 0 aliphatic carbocycles. The lowest BCUT2D eigenvalue weighted by Crippen LogP contribution is -2.38. The average Bonchev–Trinajstić information content (AvgIpc) is 3.15. The number of hydrogen-bond donors (Lipinski definition) is 0. The van der Waals surface area contributed by atoms with Crippen molar-refractivity contribution in [3.05, 3.63) is 48.3 Å². The Morgan fingerprint density at radius 1 is 1.17 bits per heavy atom. The van der Waals surface area contributed by atoms with Gasteiger partial charge in [0.25, 0.3) is 0 Å². The van der Waals surface area contributed by atoms with Crippen molar-refractivity contribution < 1.29 is 27.4 Å². The van der Waals surface area contributed by atoms with Crippen LogP contribution in [0.4, 0.5) is 18.0 Å². The second-order valence-electron chi connectivity index (χ2n) is 6.98. The van der Waals surface area contributed by atoms with E-state index in [1.165, 1.54) is 25.3 Å². The fraction of sp³-hybridized carbons (Fsp3) is 0.350. The molecule has 1 aromatic carbocycles. The first-order valence-electron chi connectivity index (χ1n) is 9.38. The first-order valence-corrected chi connectivity index (χ1v) is 9.38. The van der Waals surface area contributed by atoms with E-state index in [9.17, 15) is 18.0 Å². The number of hydrogen-bond acceptors (Lipinski definition) is 5. The molecular formula is C20H19F3N4O3. The maximum atomic E-state index is 12.5. The van der Waals surface area contributed by atoms with E-state index in [0.29, 0.717) is 30.0 Å². The number of piperidine rings is 1. The summed E-state index contributed by atoms with van der Waals surface area (Å²) in [7, 11) is 1.36. The Morgan fingerprint density at radius 2 is 1.93 bits per heavy atom. The molecule has 4 rings (SSSR count). The molecule has 1 saturated heterocycles. The number of methoxy groups -OCH3 is 1. The zero-order valence-electron chi connectivity index (χ0n) is 16.1. The lowest BCUT2D eigenvalue weighted by molar-refractivity contribution is -0.274. The predicted octanol–water partition coefficient (Wildman–Crippen LogP) is 4.24. The first-order chi connectivity index (χ1) is 14.3. The molecule has 0 bridgehead atoms. The Hall–Kier alpha value is -3.30. The third-order valence-corrected chi connectivity index (χ3v) is 5.09. The minimum Gasteiger partial charge on any atom is -0.453 e. The van der Waals surface area contributed by atoms with Gasteiger partial charge in [0.2, 0.25) is 0 Å². The van der Waals surface area contributed by atoms with E-state index in [1.54, 1.807) is 21.7 Å². The van der Waals surface area contributed by atoms with Crippen LogP contribution in [0.1, 0.15) is 24.5 Å². The van der Waals surface area contributed by atoms with Crippen LogP contribution in [-0.4, -0.2) is 52.2 Å². The van der Waals surface area contributed by atoms with Crippen molar-refractivity contribution >= 4 is 11.7 Å². The molecule has 1 aliphatic rings. The van der Waals surface area contributed by atoms with E-state index in [-0.39, 0.29) is 17.8 Å². The van der Waals surface area contributed by atoms with Gasteiger partial charge in [0.05, 0.1) is 24.7 Å². The van der Waals surface area contributed by atoms with E-state index in [1.807, 2.05) is 12.1 Å². The lowest BCUT2D eigenvalue weighted by atomic mass is 9.93. The van der Waals surface area contributed by atoms with E-state index in [0.717, 1.165) is 18.5 Å². The van der Waals surface area contributed by atoms with Crippen LogP contribution in [0, 0.1) is 0 Å². The van der Waals surface area contributed by atoms with Crippen molar-refractivity contribution in [2.24, 2.45) is 0 Å². The number of rotatable bonds is 3. The van der Waals surface area contributed by atoms with Crippen molar-refractivity contribution in [1.82, 2.24) is 19.5 Å². The number of likely N-dealkylation sites (tertiary alicyclic amines) is 1. The van der Waals surface area contributed by atoms with E-state index < -0.39 is 6.36 Å². The van der Waals surface area contributed by atoms with Gasteiger partial charge >= 0.3 is 12.5 Å². The Balaban J connectivity index is 1.60. The predicted molar refractivity (Wildman–Crippen MR) is 101 cm³/mol. The van der Waals surface area contributed by atoms with Gasteiger partial charge in [-0.1, -0.05) is 12.1 Å². The summed E-state index contributed by atoms with van der Waals surface area (Å²) in [6.45, 7) is 1.15. The Labute approximate surface area is 170 Å². The highest BCUT2D eigenvalue weighted by Gasteiger charge is 2.31. The summed E-state index contributed by atoms with van der Waals surface area (Å²) in [5.74, 6) is -0.147. The number of alkyl halides is 3. The molecule has 158 valence electrons. The van der Waals surface area contributed by atoms with Crippen molar-refractivity contribution in [1.29, 1.82) is 0 Å². The number of fused-ring (bicyclic) bond motifs is 1. The lowest BCUT2D eigenvalue weighted by Gasteiger charge is -2.30. The third-order valence-electron chi connectivity index (χ3n) is 5.09. The van der Waals surface area contributed by atoms with Crippen LogP contribution < -0.4 is 4.74 Å². The van der Waals surface area contributed by atoms with Crippen LogP contribution in [0.3, 0.4) is 0 Å². The number of carbonyl (C=O) groups is 1. The molecule has 0 radical (unpaired) electrons. The highest BCUT2D eigenvalue weighted by Crippen LogP contribution is 2.30. The number of aromatic nitrogens is 3. The first kappa shape index (κ1) is 20.0. The Morgan fingerprint density at radius 3 is 2.63 bits per heavy atom. The molecule has 1 fully saturated rings. The molecule has 0 spiro atoms. The largest absolute Gasteiger partial charge is 0.573 e. The average molecular weight is 420 g/mol. The number of halogens is 3. The van der Waals surface area contributed by atoms with Gasteiger partial charge in [-0.15, -0.1) is 13.2 Å². The molecule has 3 aromatic rings. The maximum Gasteiger partial charge on any atom is 0.573 e. The summed E-state index contributed by atoms with van der Waals surface area (Å²) < 4.78 is 48.0. The standard InChI is InChI=1S/C20H19F3N4O3/c1-29-19(28)26-9-7-13(8-10-26)16-5-6-18-24-12-17(27(18)25-16)14-3-2-4-15(11-14)30-20(21,22)23/h2-6,11-13H,7-10H2,1H3. The van der Waals surface area contributed by atoms with Gasteiger partial charge in [0, 0.05) is 24.6 Å². The van der Waals surface area contributed by atoms with Crippen LogP contribution in [0.25, 0.3) is 16.9 Å². The molecule has 7 nitrogen and oxygen atoms in total. The van der Waals surface area contributed by atoms with Crippen LogP contribution >= 0.6 is 0 Å². The third kappa shape index (κ3) is 4.17. The molecule has 1 amide bonds. The molecule has 0 N–H and O–H groups in total. The van der Waals surface area contributed by atoms with E-state index in [2.05, 4.69) is 14.8 Å². The van der Waals surface area contributed by atoms with Gasteiger partial charge in [-0.25, -0.2) is 14.3 Å². The van der Waals surface area contributed by atoms with E-state index in [4.69, 9.17) is 4.74 Å². The summed E-state index contributed by atoms with van der Waals surface area (Å²) in [6.07, 6.45) is -2.05. The number of nitrogens with zero attached hydrogens (tertiary/aromatic N) is 4. The SMILES string of the molecule is COC(=O)N1CCC(c2ccc3ncc(-c4cccc(OC(F)(F)F)c4)n3n2)CC1. The molecule has 1 aliphatic heterocycles. The molecule has 2 aromatic heterocycles. The smallest absolute Gasteiger partial charge is 0.453 e. The van der Waals surface area contributed by atoms with Gasteiger partial charge in [0.1, 0.15) is 5.75 Å². The summed E-state index contributed by atoms with van der Waals surface area (Å²) in [6, 6.07) is 9.44. The van der Waals surface area contributed by atoms with Gasteiger partial charge in [-0.05, 0) is 37.1 Å². The van der Waals surface area contributed by atoms with Crippen molar-refractivity contribution in [3.8, 4) is 17.0 Å². The minimum absolute atomic E-state index is 0.158. The van der Waals surface area contributed by atoms with Gasteiger partial charge < -0.3 is 14.4 Å². The molecular weight excluding hydrogens is 401 g/mol. The van der Waals surface area contributed by atoms with Crippen LogP contribution in [0.15, 0.2) is 42.6 Å². The van der Waals surface area contributed by atoms with Gasteiger partial charge in [-0.2, -0.15) is 5.10 Å².